The molecule has 2 aliphatic rings. The number of methoxy groups -OCH3 is 1. The van der Waals surface area contributed by atoms with Crippen molar-refractivity contribution in [2.75, 3.05) is 37.5 Å². The molecule has 11 heteroatoms. The second kappa shape index (κ2) is 8.82. The summed E-state index contributed by atoms with van der Waals surface area (Å²) in [5.74, 6) is -0.644. The summed E-state index contributed by atoms with van der Waals surface area (Å²) in [5.41, 5.74) is 0.703. The highest BCUT2D eigenvalue weighted by Gasteiger charge is 2.37. The van der Waals surface area contributed by atoms with Crippen LogP contribution in [0.2, 0.25) is 0 Å². The van der Waals surface area contributed by atoms with Gasteiger partial charge in [-0.15, -0.1) is 0 Å². The Kier molecular flexibility index (Phi) is 6.40. The van der Waals surface area contributed by atoms with Gasteiger partial charge in [-0.05, 0) is 30.7 Å². The van der Waals surface area contributed by atoms with E-state index in [2.05, 4.69) is 10.4 Å². The maximum atomic E-state index is 12.7. The van der Waals surface area contributed by atoms with Gasteiger partial charge >= 0.3 is 0 Å². The number of hydrazone groups is 1. The lowest BCUT2D eigenvalue weighted by Gasteiger charge is -2.28. The quantitative estimate of drug-likeness (QED) is 0.682. The van der Waals surface area contributed by atoms with E-state index in [1.165, 1.54) is 11.9 Å². The molecule has 0 aliphatic carbocycles. The van der Waals surface area contributed by atoms with Crippen LogP contribution in [-0.2, 0) is 24.2 Å². The van der Waals surface area contributed by atoms with Crippen molar-refractivity contribution in [1.82, 2.24) is 9.91 Å². The maximum absolute atomic E-state index is 12.7. The molecule has 2 aliphatic heterocycles. The van der Waals surface area contributed by atoms with E-state index in [0.717, 1.165) is 5.01 Å². The number of carbonyl (C=O) groups is 3. The third-order valence-electron chi connectivity index (χ3n) is 4.96. The minimum atomic E-state index is -3.19. The molecule has 0 radical (unpaired) electrons. The number of ether oxygens (including phenoxy) is 1. The van der Waals surface area contributed by atoms with Crippen LogP contribution in [0.5, 0.6) is 5.75 Å². The zero-order valence-electron chi connectivity index (χ0n) is 16.8. The number of sulfone groups is 1. The average Bonchev–Trinajstić information content (AvgIpc) is 3.07. The lowest BCUT2D eigenvalue weighted by Crippen LogP contribution is -2.45. The highest BCUT2D eigenvalue weighted by Crippen LogP contribution is 2.22. The molecule has 30 heavy (non-hydrogen) atoms. The first kappa shape index (κ1) is 21.8. The van der Waals surface area contributed by atoms with E-state index in [1.807, 2.05) is 0 Å². The van der Waals surface area contributed by atoms with E-state index in [9.17, 15) is 22.8 Å². The molecule has 10 nitrogen and oxygen atoms in total. The third kappa shape index (κ3) is 5.15. The zero-order chi connectivity index (χ0) is 21.9. The van der Waals surface area contributed by atoms with E-state index in [4.69, 9.17) is 4.74 Å². The average molecular weight is 436 g/mol. The number of hydrogen-bond acceptors (Lipinski definition) is 7. The molecule has 1 atom stereocenters. The summed E-state index contributed by atoms with van der Waals surface area (Å²) in [6.07, 6.45) is 0.532. The number of carbonyl (C=O) groups excluding carboxylic acids is 3. The van der Waals surface area contributed by atoms with Gasteiger partial charge in [-0.1, -0.05) is 0 Å². The predicted molar refractivity (Wildman–Crippen MR) is 110 cm³/mol. The lowest BCUT2D eigenvalue weighted by atomic mass is 10.1. The molecule has 1 N–H and O–H groups in total. The molecular weight excluding hydrogens is 412 g/mol. The first-order chi connectivity index (χ1) is 14.2. The molecule has 0 spiro atoms. The largest absolute Gasteiger partial charge is 0.497 e. The summed E-state index contributed by atoms with van der Waals surface area (Å²) in [7, 11) is -0.176. The van der Waals surface area contributed by atoms with Crippen LogP contribution in [-0.4, -0.2) is 80.0 Å². The van der Waals surface area contributed by atoms with Gasteiger partial charge < -0.3 is 15.0 Å². The van der Waals surface area contributed by atoms with E-state index >= 15 is 0 Å². The number of nitrogens with one attached hydrogen (secondary N) is 1. The minimum absolute atomic E-state index is 0.00564. The SMILES string of the molecule is COc1ccc(NC(=O)CN(C)C(=O)C2=NN(C3CCS(=O)(=O)C3)C(=O)CC2)cc1. The molecular formula is C19H24N4O6S. The van der Waals surface area contributed by atoms with E-state index in [1.54, 1.807) is 31.4 Å². The zero-order valence-corrected chi connectivity index (χ0v) is 17.6. The minimum Gasteiger partial charge on any atom is -0.497 e. The molecule has 1 aromatic rings. The van der Waals surface area contributed by atoms with Gasteiger partial charge in [0.05, 0.1) is 31.2 Å². The van der Waals surface area contributed by atoms with Crippen molar-refractivity contribution in [3.05, 3.63) is 24.3 Å². The van der Waals surface area contributed by atoms with Crippen LogP contribution in [0.25, 0.3) is 0 Å². The van der Waals surface area contributed by atoms with Crippen molar-refractivity contribution >= 4 is 39.0 Å². The van der Waals surface area contributed by atoms with Crippen molar-refractivity contribution in [2.45, 2.75) is 25.3 Å². The standard InChI is InChI=1S/C19H24N4O6S/c1-22(11-17(24)20-13-3-5-15(29-2)6-4-13)19(26)16-7-8-18(25)23(21-16)14-9-10-30(27,28)12-14/h3-6,14H,7-12H2,1-2H3,(H,20,24). The summed E-state index contributed by atoms with van der Waals surface area (Å²) in [6, 6.07) is 6.23. The molecule has 0 aromatic heterocycles. The summed E-state index contributed by atoms with van der Waals surface area (Å²) in [6.45, 7) is -0.199. The summed E-state index contributed by atoms with van der Waals surface area (Å²) >= 11 is 0. The molecule has 162 valence electrons. The van der Waals surface area contributed by atoms with Crippen LogP contribution >= 0.6 is 0 Å². The molecule has 0 bridgehead atoms. The van der Waals surface area contributed by atoms with E-state index in [0.29, 0.717) is 17.9 Å². The van der Waals surface area contributed by atoms with Crippen LogP contribution < -0.4 is 10.1 Å². The van der Waals surface area contributed by atoms with Gasteiger partial charge in [0, 0.05) is 25.6 Å². The Morgan fingerprint density at radius 1 is 1.27 bits per heavy atom. The Morgan fingerprint density at radius 3 is 2.57 bits per heavy atom. The number of nitrogens with zero attached hydrogens (tertiary/aromatic N) is 3. The second-order valence-corrected chi connectivity index (χ2v) is 9.51. The molecule has 1 saturated heterocycles. The van der Waals surface area contributed by atoms with Gasteiger partial charge in [0.2, 0.25) is 11.8 Å². The van der Waals surface area contributed by atoms with Crippen molar-refractivity contribution in [2.24, 2.45) is 5.10 Å². The van der Waals surface area contributed by atoms with Crippen molar-refractivity contribution in [1.29, 1.82) is 0 Å². The first-order valence-corrected chi connectivity index (χ1v) is 11.3. The number of amides is 3. The molecule has 3 amide bonds. The predicted octanol–water partition coefficient (Wildman–Crippen LogP) is 0.258. The Balaban J connectivity index is 1.62. The Labute approximate surface area is 174 Å². The maximum Gasteiger partial charge on any atom is 0.270 e. The Morgan fingerprint density at radius 2 is 1.97 bits per heavy atom. The normalized spacial score (nSPS) is 20.5. The number of anilines is 1. The van der Waals surface area contributed by atoms with Gasteiger partial charge in [0.1, 0.15) is 11.5 Å². The third-order valence-corrected chi connectivity index (χ3v) is 6.71. The topological polar surface area (TPSA) is 125 Å². The fourth-order valence-corrected chi connectivity index (χ4v) is 5.05. The second-order valence-electron chi connectivity index (χ2n) is 7.28. The van der Waals surface area contributed by atoms with Crippen LogP contribution in [0.1, 0.15) is 19.3 Å². The molecule has 3 rings (SSSR count). The van der Waals surface area contributed by atoms with Crippen molar-refractivity contribution < 1.29 is 27.5 Å². The highest BCUT2D eigenvalue weighted by molar-refractivity contribution is 7.91. The molecule has 1 aromatic carbocycles. The fraction of sp³-hybridized carbons (Fsp3) is 0.474. The van der Waals surface area contributed by atoms with Crippen molar-refractivity contribution in [3.63, 3.8) is 0 Å². The first-order valence-electron chi connectivity index (χ1n) is 9.48. The van der Waals surface area contributed by atoms with Gasteiger partial charge in [-0.3, -0.25) is 14.4 Å². The van der Waals surface area contributed by atoms with E-state index < -0.39 is 21.8 Å². The van der Waals surface area contributed by atoms with Gasteiger partial charge in [0.15, 0.2) is 9.84 Å². The smallest absolute Gasteiger partial charge is 0.270 e. The molecule has 0 saturated carbocycles. The Hall–Kier alpha value is -2.95. The highest BCUT2D eigenvalue weighted by atomic mass is 32.2. The van der Waals surface area contributed by atoms with E-state index in [-0.39, 0.29) is 48.4 Å². The molecule has 1 unspecified atom stereocenters. The number of hydrogen-bond donors (Lipinski definition) is 1. The summed E-state index contributed by atoms with van der Waals surface area (Å²) < 4.78 is 28.5. The van der Waals surface area contributed by atoms with Crippen LogP contribution in [0.4, 0.5) is 5.69 Å². The van der Waals surface area contributed by atoms with Gasteiger partial charge in [-0.2, -0.15) is 5.10 Å². The number of likely N-dealkylation sites (N-methyl/N-ethyl adjacent to an activating group) is 1. The van der Waals surface area contributed by atoms with Crippen molar-refractivity contribution in [3.8, 4) is 5.75 Å². The molecule has 2 heterocycles. The van der Waals surface area contributed by atoms with Crippen LogP contribution in [0.3, 0.4) is 0 Å². The monoisotopic (exact) mass is 436 g/mol. The lowest BCUT2D eigenvalue weighted by molar-refractivity contribution is -0.134. The summed E-state index contributed by atoms with van der Waals surface area (Å²) in [5, 5.41) is 7.96. The fourth-order valence-electron chi connectivity index (χ4n) is 3.36. The van der Waals surface area contributed by atoms with Crippen LogP contribution in [0.15, 0.2) is 29.4 Å². The summed E-state index contributed by atoms with van der Waals surface area (Å²) in [4.78, 5) is 38.4. The van der Waals surface area contributed by atoms with Gasteiger partial charge in [-0.25, -0.2) is 13.4 Å². The number of benzene rings is 1. The number of rotatable bonds is 6. The van der Waals surface area contributed by atoms with Gasteiger partial charge in [0.25, 0.3) is 5.91 Å². The Bertz CT molecular complexity index is 973. The molecule has 1 fully saturated rings. The van der Waals surface area contributed by atoms with Crippen LogP contribution in [0, 0.1) is 0 Å².